The minimum Gasteiger partial charge on any atom is -0.399 e. The van der Waals surface area contributed by atoms with Crippen LogP contribution in [0.4, 0.5) is 5.69 Å². The molecule has 0 saturated heterocycles. The molecule has 0 aromatic heterocycles. The van der Waals surface area contributed by atoms with Gasteiger partial charge in [0.05, 0.1) is 11.4 Å². The third-order valence-electron chi connectivity index (χ3n) is 2.30. The molecular weight excluding hydrogens is 224 g/mol. The summed E-state index contributed by atoms with van der Waals surface area (Å²) < 4.78 is 26.0. The Balaban J connectivity index is 3.29. The lowest BCUT2D eigenvalue weighted by molar-refractivity contribution is 0.585. The van der Waals surface area contributed by atoms with E-state index < -0.39 is 10.0 Å². The highest BCUT2D eigenvalue weighted by atomic mass is 32.2. The van der Waals surface area contributed by atoms with Gasteiger partial charge >= 0.3 is 0 Å². The number of nitrogen functional groups attached to an aromatic ring is 1. The maximum Gasteiger partial charge on any atom is 0.241 e. The van der Waals surface area contributed by atoms with E-state index in [2.05, 4.69) is 10.6 Å². The van der Waals surface area contributed by atoms with Crippen molar-refractivity contribution < 1.29 is 8.42 Å². The number of benzene rings is 1. The highest BCUT2D eigenvalue weighted by molar-refractivity contribution is 7.89. The Bertz CT molecular complexity index is 542. The van der Waals surface area contributed by atoms with E-state index in [1.807, 2.05) is 6.92 Å². The Morgan fingerprint density at radius 1 is 1.44 bits per heavy atom. The summed E-state index contributed by atoms with van der Waals surface area (Å²) in [5, 5.41) is 0. The summed E-state index contributed by atoms with van der Waals surface area (Å²) in [7, 11) is -3.57. The van der Waals surface area contributed by atoms with Crippen molar-refractivity contribution in [2.75, 3.05) is 12.3 Å². The Morgan fingerprint density at radius 3 is 2.62 bits per heavy atom. The monoisotopic (exact) mass is 238 g/mol. The average molecular weight is 238 g/mol. The lowest BCUT2D eigenvalue weighted by Crippen LogP contribution is -2.25. The van der Waals surface area contributed by atoms with Gasteiger partial charge in [-0.1, -0.05) is 5.92 Å². The van der Waals surface area contributed by atoms with Gasteiger partial charge in [0.2, 0.25) is 10.0 Å². The van der Waals surface area contributed by atoms with Crippen LogP contribution in [0.2, 0.25) is 0 Å². The molecule has 0 aliphatic carbocycles. The summed E-state index contributed by atoms with van der Waals surface area (Å²) >= 11 is 0. The minimum absolute atomic E-state index is 0.0321. The standard InChI is InChI=1S/C11H14N2O2S/c1-4-5-13-16(14,15)11-7-10(12)6-8(2)9(11)3/h1,6-7,13H,5,12H2,2-3H3. The van der Waals surface area contributed by atoms with Crippen molar-refractivity contribution in [1.29, 1.82) is 0 Å². The van der Waals surface area contributed by atoms with Crippen LogP contribution in [0.5, 0.6) is 0 Å². The van der Waals surface area contributed by atoms with Gasteiger partial charge in [0, 0.05) is 5.69 Å². The van der Waals surface area contributed by atoms with Crippen LogP contribution in [0, 0.1) is 26.2 Å². The molecule has 0 fully saturated rings. The number of rotatable bonds is 3. The van der Waals surface area contributed by atoms with Crippen LogP contribution in [0.1, 0.15) is 11.1 Å². The molecule has 1 aromatic rings. The Kier molecular flexibility index (Phi) is 3.58. The molecule has 0 heterocycles. The van der Waals surface area contributed by atoms with E-state index in [1.54, 1.807) is 13.0 Å². The maximum atomic E-state index is 11.9. The van der Waals surface area contributed by atoms with E-state index >= 15 is 0 Å². The highest BCUT2D eigenvalue weighted by Crippen LogP contribution is 2.21. The molecule has 0 aliphatic rings. The first-order valence-corrected chi connectivity index (χ1v) is 6.16. The molecule has 0 amide bonds. The van der Waals surface area contributed by atoms with E-state index in [4.69, 9.17) is 12.2 Å². The Labute approximate surface area is 95.9 Å². The normalized spacial score (nSPS) is 11.1. The zero-order valence-electron chi connectivity index (χ0n) is 9.24. The number of sulfonamides is 1. The summed E-state index contributed by atoms with van der Waals surface area (Å²) in [6.07, 6.45) is 5.01. The molecule has 0 atom stereocenters. The van der Waals surface area contributed by atoms with Crippen molar-refractivity contribution in [3.8, 4) is 12.3 Å². The number of hydrogen-bond donors (Lipinski definition) is 2. The number of nitrogens with one attached hydrogen (secondary N) is 1. The Morgan fingerprint density at radius 2 is 2.06 bits per heavy atom. The van der Waals surface area contributed by atoms with E-state index in [1.165, 1.54) is 6.07 Å². The van der Waals surface area contributed by atoms with Gasteiger partial charge in [-0.25, -0.2) is 8.42 Å². The first kappa shape index (κ1) is 12.6. The van der Waals surface area contributed by atoms with Crippen molar-refractivity contribution in [3.63, 3.8) is 0 Å². The summed E-state index contributed by atoms with van der Waals surface area (Å²) in [6, 6.07) is 3.16. The van der Waals surface area contributed by atoms with Gasteiger partial charge in [0.1, 0.15) is 0 Å². The fraction of sp³-hybridized carbons (Fsp3) is 0.273. The number of terminal acetylenes is 1. The summed E-state index contributed by atoms with van der Waals surface area (Å²) in [4.78, 5) is 0.181. The molecule has 86 valence electrons. The average Bonchev–Trinajstić information content (AvgIpc) is 2.20. The van der Waals surface area contributed by atoms with Crippen LogP contribution in [-0.4, -0.2) is 15.0 Å². The second kappa shape index (κ2) is 4.56. The summed E-state index contributed by atoms with van der Waals surface area (Å²) in [5.41, 5.74) is 7.56. The predicted molar refractivity (Wildman–Crippen MR) is 64.3 cm³/mol. The smallest absolute Gasteiger partial charge is 0.241 e. The van der Waals surface area contributed by atoms with Gasteiger partial charge in [-0.05, 0) is 37.1 Å². The predicted octanol–water partition coefficient (Wildman–Crippen LogP) is 0.797. The molecule has 0 radical (unpaired) electrons. The van der Waals surface area contributed by atoms with Crippen LogP contribution >= 0.6 is 0 Å². The van der Waals surface area contributed by atoms with E-state index in [9.17, 15) is 8.42 Å². The zero-order valence-corrected chi connectivity index (χ0v) is 10.1. The molecule has 1 aromatic carbocycles. The third kappa shape index (κ3) is 2.54. The van der Waals surface area contributed by atoms with Gasteiger partial charge in [-0.3, -0.25) is 0 Å². The summed E-state index contributed by atoms with van der Waals surface area (Å²) in [5.74, 6) is 2.22. The van der Waals surface area contributed by atoms with Crippen molar-refractivity contribution >= 4 is 15.7 Å². The largest absolute Gasteiger partial charge is 0.399 e. The molecule has 0 saturated carbocycles. The number of aryl methyl sites for hydroxylation is 1. The van der Waals surface area contributed by atoms with Crippen molar-refractivity contribution in [2.45, 2.75) is 18.7 Å². The van der Waals surface area contributed by atoms with Gasteiger partial charge < -0.3 is 5.73 Å². The lowest BCUT2D eigenvalue weighted by Gasteiger charge is -2.10. The molecule has 3 N–H and O–H groups in total. The van der Waals surface area contributed by atoms with Gasteiger partial charge in [-0.2, -0.15) is 4.72 Å². The van der Waals surface area contributed by atoms with Gasteiger partial charge in [0.15, 0.2) is 0 Å². The number of anilines is 1. The van der Waals surface area contributed by atoms with Crippen LogP contribution in [-0.2, 0) is 10.0 Å². The third-order valence-corrected chi connectivity index (χ3v) is 3.82. The molecule has 5 heteroatoms. The molecule has 0 spiro atoms. The van der Waals surface area contributed by atoms with Crippen molar-refractivity contribution in [3.05, 3.63) is 23.3 Å². The SMILES string of the molecule is C#CCNS(=O)(=O)c1cc(N)cc(C)c1C. The van der Waals surface area contributed by atoms with E-state index in [0.717, 1.165) is 5.56 Å². The Hall–Kier alpha value is -1.51. The number of nitrogens with two attached hydrogens (primary N) is 1. The quantitative estimate of drug-likeness (QED) is 0.604. The molecule has 0 unspecified atom stereocenters. The topological polar surface area (TPSA) is 72.2 Å². The molecule has 4 nitrogen and oxygen atoms in total. The van der Waals surface area contributed by atoms with Crippen LogP contribution in [0.15, 0.2) is 17.0 Å². The molecular formula is C11H14N2O2S. The van der Waals surface area contributed by atoms with E-state index in [-0.39, 0.29) is 11.4 Å². The number of hydrogen-bond acceptors (Lipinski definition) is 3. The van der Waals surface area contributed by atoms with Crippen LogP contribution < -0.4 is 10.5 Å². The lowest BCUT2D eigenvalue weighted by atomic mass is 10.1. The van der Waals surface area contributed by atoms with E-state index in [0.29, 0.717) is 11.3 Å². The summed E-state index contributed by atoms with van der Waals surface area (Å²) in [6.45, 7) is 3.51. The molecule has 1 rings (SSSR count). The second-order valence-electron chi connectivity index (χ2n) is 3.49. The van der Waals surface area contributed by atoms with Crippen molar-refractivity contribution in [1.82, 2.24) is 4.72 Å². The van der Waals surface area contributed by atoms with Crippen molar-refractivity contribution in [2.24, 2.45) is 0 Å². The fourth-order valence-electron chi connectivity index (χ4n) is 1.35. The van der Waals surface area contributed by atoms with Crippen LogP contribution in [0.25, 0.3) is 0 Å². The first-order valence-electron chi connectivity index (χ1n) is 4.68. The fourth-order valence-corrected chi connectivity index (χ4v) is 2.63. The second-order valence-corrected chi connectivity index (χ2v) is 5.22. The van der Waals surface area contributed by atoms with Gasteiger partial charge in [-0.15, -0.1) is 6.42 Å². The zero-order chi connectivity index (χ0) is 12.3. The molecule has 0 aliphatic heterocycles. The minimum atomic E-state index is -3.57. The molecule has 0 bridgehead atoms. The maximum absolute atomic E-state index is 11.9. The first-order chi connectivity index (χ1) is 7.38. The highest BCUT2D eigenvalue weighted by Gasteiger charge is 2.17. The molecule has 16 heavy (non-hydrogen) atoms. The van der Waals surface area contributed by atoms with Crippen LogP contribution in [0.3, 0.4) is 0 Å². The van der Waals surface area contributed by atoms with Gasteiger partial charge in [0.25, 0.3) is 0 Å².